The zero-order valence-corrected chi connectivity index (χ0v) is 10.3. The van der Waals surface area contributed by atoms with E-state index in [2.05, 4.69) is 45.9 Å². The Morgan fingerprint density at radius 2 is 1.73 bits per heavy atom. The Bertz CT molecular complexity index is 397. The number of benzene rings is 1. The van der Waals surface area contributed by atoms with Crippen molar-refractivity contribution in [3.8, 4) is 6.07 Å². The topological polar surface area (TPSA) is 23.8 Å². The molecule has 0 aliphatic heterocycles. The van der Waals surface area contributed by atoms with Gasteiger partial charge in [-0.3, -0.25) is 0 Å². The number of nitrogens with zero attached hydrogens (tertiary/aromatic N) is 1. The summed E-state index contributed by atoms with van der Waals surface area (Å²) in [7, 11) is 0. The molecule has 0 fully saturated rings. The van der Waals surface area contributed by atoms with Crippen LogP contribution < -0.4 is 0 Å². The molecule has 1 atom stereocenters. The lowest BCUT2D eigenvalue weighted by molar-refractivity contribution is 0.843. The van der Waals surface area contributed by atoms with Crippen molar-refractivity contribution < 1.29 is 0 Å². The van der Waals surface area contributed by atoms with Crippen molar-refractivity contribution in [1.82, 2.24) is 0 Å². The highest BCUT2D eigenvalue weighted by molar-refractivity contribution is 5.41. The van der Waals surface area contributed by atoms with Crippen molar-refractivity contribution in [2.75, 3.05) is 0 Å². The van der Waals surface area contributed by atoms with Gasteiger partial charge in [0.1, 0.15) is 0 Å². The molecule has 0 heterocycles. The second kappa shape index (κ2) is 4.49. The number of nitriles is 1. The van der Waals surface area contributed by atoms with Crippen LogP contribution in [0, 0.1) is 25.2 Å². The molecule has 0 saturated heterocycles. The van der Waals surface area contributed by atoms with Crippen LogP contribution >= 0.6 is 0 Å². The van der Waals surface area contributed by atoms with Gasteiger partial charge in [-0.05, 0) is 48.9 Å². The van der Waals surface area contributed by atoms with Crippen LogP contribution in [0.25, 0.3) is 0 Å². The van der Waals surface area contributed by atoms with Gasteiger partial charge in [0.15, 0.2) is 0 Å². The van der Waals surface area contributed by atoms with Crippen LogP contribution in [-0.4, -0.2) is 0 Å². The summed E-state index contributed by atoms with van der Waals surface area (Å²) in [6.45, 7) is 10.6. The molecule has 15 heavy (non-hydrogen) atoms. The molecule has 0 bridgehead atoms. The van der Waals surface area contributed by atoms with Crippen molar-refractivity contribution in [2.24, 2.45) is 0 Å². The van der Waals surface area contributed by atoms with Crippen molar-refractivity contribution in [3.05, 3.63) is 34.4 Å². The predicted octanol–water partition coefficient (Wildman–Crippen LogP) is 4.05. The Kier molecular flexibility index (Phi) is 3.52. The number of rotatable bonds is 2. The van der Waals surface area contributed by atoms with Crippen LogP contribution in [0.2, 0.25) is 0 Å². The van der Waals surface area contributed by atoms with Gasteiger partial charge >= 0.3 is 0 Å². The molecule has 1 nitrogen and oxygen atoms in total. The van der Waals surface area contributed by atoms with Gasteiger partial charge in [0.2, 0.25) is 0 Å². The SMILES string of the molecule is Cc1cc(C(C)C#N)cc(C(C)C)c1C. The van der Waals surface area contributed by atoms with Crippen LogP contribution in [0.3, 0.4) is 0 Å². The molecule has 0 spiro atoms. The van der Waals surface area contributed by atoms with Crippen molar-refractivity contribution >= 4 is 0 Å². The summed E-state index contributed by atoms with van der Waals surface area (Å²) in [5.74, 6) is 0.511. The van der Waals surface area contributed by atoms with E-state index in [1.54, 1.807) is 0 Å². The van der Waals surface area contributed by atoms with Gasteiger partial charge in [0.25, 0.3) is 0 Å². The van der Waals surface area contributed by atoms with E-state index in [0.29, 0.717) is 5.92 Å². The summed E-state index contributed by atoms with van der Waals surface area (Å²) >= 11 is 0. The second-order valence-electron chi connectivity index (χ2n) is 4.56. The summed E-state index contributed by atoms with van der Waals surface area (Å²) in [6, 6.07) is 6.61. The molecule has 1 rings (SSSR count). The van der Waals surface area contributed by atoms with E-state index < -0.39 is 0 Å². The van der Waals surface area contributed by atoms with Crippen molar-refractivity contribution in [1.29, 1.82) is 5.26 Å². The lowest BCUT2D eigenvalue weighted by atomic mass is 9.89. The first kappa shape index (κ1) is 11.8. The van der Waals surface area contributed by atoms with Crippen LogP contribution in [0.5, 0.6) is 0 Å². The molecular weight excluding hydrogens is 182 g/mol. The highest BCUT2D eigenvalue weighted by atomic mass is 14.3. The molecule has 80 valence electrons. The fraction of sp³-hybridized carbons (Fsp3) is 0.500. The molecule has 1 heteroatoms. The standard InChI is InChI=1S/C14H19N/c1-9(2)14-7-13(11(4)8-15)6-10(3)12(14)5/h6-7,9,11H,1-5H3. The van der Waals surface area contributed by atoms with Gasteiger partial charge in [0.05, 0.1) is 12.0 Å². The van der Waals surface area contributed by atoms with E-state index in [9.17, 15) is 0 Å². The highest BCUT2D eigenvalue weighted by Gasteiger charge is 2.11. The monoisotopic (exact) mass is 201 g/mol. The molecular formula is C14H19N. The van der Waals surface area contributed by atoms with Gasteiger partial charge in [-0.25, -0.2) is 0 Å². The molecule has 0 radical (unpaired) electrons. The van der Waals surface area contributed by atoms with Crippen molar-refractivity contribution in [3.63, 3.8) is 0 Å². The molecule has 1 aromatic rings. The smallest absolute Gasteiger partial charge is 0.0700 e. The summed E-state index contributed by atoms with van der Waals surface area (Å²) in [5, 5.41) is 8.93. The van der Waals surface area contributed by atoms with Gasteiger partial charge in [-0.2, -0.15) is 5.26 Å². The lowest BCUT2D eigenvalue weighted by Gasteiger charge is -2.15. The molecule has 1 aromatic carbocycles. The van der Waals surface area contributed by atoms with Crippen LogP contribution in [0.1, 0.15) is 54.9 Å². The minimum absolute atomic E-state index is 0.0122. The van der Waals surface area contributed by atoms with Gasteiger partial charge in [0, 0.05) is 0 Å². The molecule has 0 aromatic heterocycles. The fourth-order valence-electron chi connectivity index (χ4n) is 1.84. The summed E-state index contributed by atoms with van der Waals surface area (Å²) in [5.41, 5.74) is 5.16. The summed E-state index contributed by atoms with van der Waals surface area (Å²) in [4.78, 5) is 0. The van der Waals surface area contributed by atoms with Crippen LogP contribution in [-0.2, 0) is 0 Å². The van der Waals surface area contributed by atoms with E-state index in [0.717, 1.165) is 5.56 Å². The molecule has 1 unspecified atom stereocenters. The van der Waals surface area contributed by atoms with E-state index in [1.807, 2.05) is 6.92 Å². The number of aryl methyl sites for hydroxylation is 1. The Morgan fingerprint density at radius 3 is 2.20 bits per heavy atom. The van der Waals surface area contributed by atoms with Crippen LogP contribution in [0.4, 0.5) is 0 Å². The molecule has 0 aliphatic carbocycles. The van der Waals surface area contributed by atoms with E-state index >= 15 is 0 Å². The zero-order chi connectivity index (χ0) is 11.6. The fourth-order valence-corrected chi connectivity index (χ4v) is 1.84. The molecule has 0 amide bonds. The average molecular weight is 201 g/mol. The average Bonchev–Trinajstić information content (AvgIpc) is 2.20. The maximum Gasteiger partial charge on any atom is 0.0700 e. The zero-order valence-electron chi connectivity index (χ0n) is 10.3. The quantitative estimate of drug-likeness (QED) is 0.708. The Morgan fingerprint density at radius 1 is 1.13 bits per heavy atom. The van der Waals surface area contributed by atoms with E-state index in [1.165, 1.54) is 16.7 Å². The van der Waals surface area contributed by atoms with E-state index in [4.69, 9.17) is 5.26 Å². The number of hydrogen-bond acceptors (Lipinski definition) is 1. The van der Waals surface area contributed by atoms with E-state index in [-0.39, 0.29) is 5.92 Å². The van der Waals surface area contributed by atoms with Crippen LogP contribution in [0.15, 0.2) is 12.1 Å². The minimum Gasteiger partial charge on any atom is -0.198 e. The lowest BCUT2D eigenvalue weighted by Crippen LogP contribution is -1.99. The Hall–Kier alpha value is -1.29. The molecule has 0 N–H and O–H groups in total. The first-order valence-electron chi connectivity index (χ1n) is 5.48. The predicted molar refractivity (Wildman–Crippen MR) is 64.0 cm³/mol. The first-order valence-corrected chi connectivity index (χ1v) is 5.48. The van der Waals surface area contributed by atoms with Gasteiger partial charge in [-0.1, -0.05) is 26.0 Å². The Labute approximate surface area is 92.7 Å². The summed E-state index contributed by atoms with van der Waals surface area (Å²) in [6.07, 6.45) is 0. The first-order chi connectivity index (χ1) is 6.97. The minimum atomic E-state index is -0.0122. The third kappa shape index (κ3) is 2.39. The maximum atomic E-state index is 8.93. The third-order valence-electron chi connectivity index (χ3n) is 3.05. The second-order valence-corrected chi connectivity index (χ2v) is 4.56. The van der Waals surface area contributed by atoms with Crippen molar-refractivity contribution in [2.45, 2.75) is 46.5 Å². The molecule has 0 saturated carbocycles. The number of hydrogen-bond donors (Lipinski definition) is 0. The largest absolute Gasteiger partial charge is 0.198 e. The van der Waals surface area contributed by atoms with Gasteiger partial charge in [-0.15, -0.1) is 0 Å². The Balaban J connectivity index is 3.31. The summed E-state index contributed by atoms with van der Waals surface area (Å²) < 4.78 is 0. The van der Waals surface area contributed by atoms with Gasteiger partial charge < -0.3 is 0 Å². The molecule has 0 aliphatic rings. The normalized spacial score (nSPS) is 12.6. The maximum absolute atomic E-state index is 8.93. The highest BCUT2D eigenvalue weighted by Crippen LogP contribution is 2.26. The third-order valence-corrected chi connectivity index (χ3v) is 3.05.